The Hall–Kier alpha value is -2.06. The summed E-state index contributed by atoms with van der Waals surface area (Å²) in [5.41, 5.74) is 6.55. The van der Waals surface area contributed by atoms with Crippen LogP contribution < -0.4 is 20.9 Å². The number of aliphatic hydroxyl groups excluding tert-OH is 1. The number of nitrogens with one attached hydrogen (secondary N) is 1. The molecule has 1 aromatic rings. The molecule has 8 nitrogen and oxygen atoms in total. The van der Waals surface area contributed by atoms with Gasteiger partial charge in [-0.1, -0.05) is 6.92 Å². The van der Waals surface area contributed by atoms with Gasteiger partial charge in [0, 0.05) is 33.1 Å². The van der Waals surface area contributed by atoms with E-state index < -0.39 is 18.1 Å². The molecule has 0 amide bonds. The number of aromatic nitrogens is 1. The van der Waals surface area contributed by atoms with E-state index in [9.17, 15) is 15.0 Å². The summed E-state index contributed by atoms with van der Waals surface area (Å²) in [6.07, 6.45) is -0.460. The van der Waals surface area contributed by atoms with Gasteiger partial charge >= 0.3 is 5.97 Å². The molecule has 0 spiro atoms. The lowest BCUT2D eigenvalue weighted by molar-refractivity contribution is -0.138. The Balaban J connectivity index is 2.20. The maximum Gasteiger partial charge on any atom is 0.326 e. The molecule has 5 N–H and O–H groups in total. The highest BCUT2D eigenvalue weighted by molar-refractivity contribution is 5.79. The number of aliphatic hydroxyl groups is 1. The summed E-state index contributed by atoms with van der Waals surface area (Å²) in [5, 5.41) is 22.3. The number of nitrogens with two attached hydrogens (primary N) is 1. The van der Waals surface area contributed by atoms with E-state index in [2.05, 4.69) is 10.3 Å². The van der Waals surface area contributed by atoms with E-state index in [0.29, 0.717) is 17.3 Å². The number of aliphatic carboxylic acids is 1. The monoisotopic (exact) mass is 323 g/mol. The zero-order valence-electron chi connectivity index (χ0n) is 13.6. The molecule has 1 fully saturated rings. The summed E-state index contributed by atoms with van der Waals surface area (Å²) in [6, 6.07) is 2.66. The van der Waals surface area contributed by atoms with E-state index in [4.69, 9.17) is 5.73 Å². The lowest BCUT2D eigenvalue weighted by Gasteiger charge is -2.25. The van der Waals surface area contributed by atoms with Crippen molar-refractivity contribution in [3.05, 3.63) is 12.1 Å². The molecule has 0 bridgehead atoms. The number of β-amino-alcohol motifs (C(OH)–C–C–N with tert-alkyl or cyclic N) is 1. The Bertz CT molecular complexity index is 554. The Morgan fingerprint density at radius 2 is 2.30 bits per heavy atom. The first-order valence-corrected chi connectivity index (χ1v) is 7.80. The fourth-order valence-electron chi connectivity index (χ4n) is 2.75. The second kappa shape index (κ2) is 7.47. The van der Waals surface area contributed by atoms with Crippen LogP contribution in [-0.4, -0.2) is 66.5 Å². The zero-order valence-corrected chi connectivity index (χ0v) is 13.6. The minimum atomic E-state index is -0.956. The number of carboxylic acid groups (broad SMARTS) is 1. The fraction of sp³-hybridized carbons (Fsp3) is 0.600. The van der Waals surface area contributed by atoms with Gasteiger partial charge in [0.15, 0.2) is 5.82 Å². The normalized spacial score (nSPS) is 20.7. The van der Waals surface area contributed by atoms with Crippen molar-refractivity contribution < 1.29 is 15.0 Å². The number of anilines is 3. The quantitative estimate of drug-likeness (QED) is 0.507. The van der Waals surface area contributed by atoms with Crippen LogP contribution in [0.15, 0.2) is 12.1 Å². The number of hydrogen-bond donors (Lipinski definition) is 4. The lowest BCUT2D eigenvalue weighted by Crippen LogP contribution is -2.37. The van der Waals surface area contributed by atoms with Crippen LogP contribution in [-0.2, 0) is 4.79 Å². The van der Waals surface area contributed by atoms with E-state index in [1.807, 2.05) is 18.9 Å². The van der Waals surface area contributed by atoms with E-state index >= 15 is 0 Å². The van der Waals surface area contributed by atoms with Crippen LogP contribution in [0.25, 0.3) is 0 Å². The summed E-state index contributed by atoms with van der Waals surface area (Å²) in [4.78, 5) is 19.4. The maximum atomic E-state index is 11.4. The minimum absolute atomic E-state index is 0.201. The first-order chi connectivity index (χ1) is 10.9. The van der Waals surface area contributed by atoms with Crippen molar-refractivity contribution >= 4 is 23.3 Å². The van der Waals surface area contributed by atoms with Crippen LogP contribution in [0.2, 0.25) is 0 Å². The SMILES string of the molecule is CCNCCN(C)c1nc(N2CC(O)CC2C(=O)O)ccc1N. The summed E-state index contributed by atoms with van der Waals surface area (Å²) < 4.78 is 0. The van der Waals surface area contributed by atoms with Crippen LogP contribution in [0.4, 0.5) is 17.3 Å². The van der Waals surface area contributed by atoms with Gasteiger partial charge in [-0.2, -0.15) is 0 Å². The van der Waals surface area contributed by atoms with E-state index in [-0.39, 0.29) is 13.0 Å². The third-order valence-corrected chi connectivity index (χ3v) is 3.98. The van der Waals surface area contributed by atoms with Gasteiger partial charge < -0.3 is 31.1 Å². The Morgan fingerprint density at radius 3 is 2.96 bits per heavy atom. The van der Waals surface area contributed by atoms with E-state index in [1.165, 1.54) is 0 Å². The third kappa shape index (κ3) is 4.02. The van der Waals surface area contributed by atoms with Crippen LogP contribution in [0, 0.1) is 0 Å². The number of hydrogen-bond acceptors (Lipinski definition) is 7. The van der Waals surface area contributed by atoms with E-state index in [1.54, 1.807) is 17.0 Å². The zero-order chi connectivity index (χ0) is 17.0. The molecule has 2 unspecified atom stereocenters. The predicted octanol–water partition coefficient (Wildman–Crippen LogP) is -0.266. The van der Waals surface area contributed by atoms with E-state index in [0.717, 1.165) is 19.6 Å². The molecule has 1 aliphatic rings. The van der Waals surface area contributed by atoms with Crippen LogP contribution in [0.5, 0.6) is 0 Å². The number of nitrogens with zero attached hydrogens (tertiary/aromatic N) is 3. The predicted molar refractivity (Wildman–Crippen MR) is 89.9 cm³/mol. The molecule has 0 radical (unpaired) electrons. The Labute approximate surface area is 135 Å². The molecule has 1 saturated heterocycles. The largest absolute Gasteiger partial charge is 0.480 e. The third-order valence-electron chi connectivity index (χ3n) is 3.98. The molecule has 1 aromatic heterocycles. The van der Waals surface area contributed by atoms with Gasteiger partial charge in [-0.05, 0) is 18.7 Å². The van der Waals surface area contributed by atoms with Crippen molar-refractivity contribution in [3.63, 3.8) is 0 Å². The number of nitrogen functional groups attached to an aromatic ring is 1. The number of likely N-dealkylation sites (N-methyl/N-ethyl adjacent to an activating group) is 2. The van der Waals surface area contributed by atoms with Gasteiger partial charge in [0.1, 0.15) is 11.9 Å². The molecule has 0 saturated carbocycles. The Morgan fingerprint density at radius 1 is 1.57 bits per heavy atom. The summed E-state index contributed by atoms with van der Waals surface area (Å²) in [5.74, 6) is 0.182. The second-order valence-corrected chi connectivity index (χ2v) is 5.75. The van der Waals surface area contributed by atoms with Gasteiger partial charge in [-0.25, -0.2) is 9.78 Å². The standard InChI is InChI=1S/C15H25N5O3/c1-3-17-6-7-19(2)14-11(16)4-5-13(18-14)20-9-10(21)8-12(20)15(22)23/h4-5,10,12,17,21H,3,6-9,16H2,1-2H3,(H,22,23). The number of carbonyl (C=O) groups is 1. The van der Waals surface area contributed by atoms with Gasteiger partial charge in [0.25, 0.3) is 0 Å². The fourth-order valence-corrected chi connectivity index (χ4v) is 2.75. The molecule has 0 aliphatic carbocycles. The first-order valence-electron chi connectivity index (χ1n) is 7.80. The van der Waals surface area contributed by atoms with Crippen molar-refractivity contribution in [3.8, 4) is 0 Å². The van der Waals surface area contributed by atoms with Gasteiger partial charge in [0.2, 0.25) is 0 Å². The highest BCUT2D eigenvalue weighted by atomic mass is 16.4. The average molecular weight is 323 g/mol. The lowest BCUT2D eigenvalue weighted by atomic mass is 10.2. The number of rotatable bonds is 7. The molecule has 0 aromatic carbocycles. The van der Waals surface area contributed by atoms with Crippen LogP contribution in [0.1, 0.15) is 13.3 Å². The summed E-state index contributed by atoms with van der Waals surface area (Å²) >= 11 is 0. The van der Waals surface area contributed by atoms with Crippen molar-refractivity contribution in [2.24, 2.45) is 0 Å². The summed E-state index contributed by atoms with van der Waals surface area (Å²) in [7, 11) is 1.90. The molecule has 2 heterocycles. The van der Waals surface area contributed by atoms with Crippen molar-refractivity contribution in [1.29, 1.82) is 0 Å². The van der Waals surface area contributed by atoms with Crippen LogP contribution >= 0.6 is 0 Å². The Kier molecular flexibility index (Phi) is 5.62. The maximum absolute atomic E-state index is 11.4. The van der Waals surface area contributed by atoms with Gasteiger partial charge in [0.05, 0.1) is 11.8 Å². The molecular weight excluding hydrogens is 298 g/mol. The molecular formula is C15H25N5O3. The number of pyridine rings is 1. The number of carboxylic acids is 1. The first kappa shape index (κ1) is 17.3. The van der Waals surface area contributed by atoms with Crippen molar-refractivity contribution in [1.82, 2.24) is 10.3 Å². The van der Waals surface area contributed by atoms with Crippen molar-refractivity contribution in [2.45, 2.75) is 25.5 Å². The van der Waals surface area contributed by atoms with Gasteiger partial charge in [-0.15, -0.1) is 0 Å². The van der Waals surface area contributed by atoms with Gasteiger partial charge in [-0.3, -0.25) is 0 Å². The smallest absolute Gasteiger partial charge is 0.326 e. The average Bonchev–Trinajstić information content (AvgIpc) is 2.90. The highest BCUT2D eigenvalue weighted by Crippen LogP contribution is 2.29. The second-order valence-electron chi connectivity index (χ2n) is 5.75. The molecule has 8 heteroatoms. The molecule has 2 atom stereocenters. The molecule has 1 aliphatic heterocycles. The van der Waals surface area contributed by atoms with Crippen molar-refractivity contribution in [2.75, 3.05) is 48.8 Å². The highest BCUT2D eigenvalue weighted by Gasteiger charge is 2.37. The molecule has 2 rings (SSSR count). The van der Waals surface area contributed by atoms with Crippen LogP contribution in [0.3, 0.4) is 0 Å². The molecule has 23 heavy (non-hydrogen) atoms. The topological polar surface area (TPSA) is 115 Å². The molecule has 128 valence electrons. The summed E-state index contributed by atoms with van der Waals surface area (Å²) in [6.45, 7) is 4.73. The minimum Gasteiger partial charge on any atom is -0.480 e.